The number of halogens is 1. The summed E-state index contributed by atoms with van der Waals surface area (Å²) >= 11 is 3.38. The van der Waals surface area contributed by atoms with Gasteiger partial charge in [-0.25, -0.2) is 0 Å². The number of amides is 1. The lowest BCUT2D eigenvalue weighted by atomic mass is 10.2. The van der Waals surface area contributed by atoms with Crippen molar-refractivity contribution in [3.05, 3.63) is 28.7 Å². The molecule has 1 atom stereocenters. The molecule has 0 aliphatic carbocycles. The molecule has 116 valence electrons. The van der Waals surface area contributed by atoms with E-state index in [1.54, 1.807) is 11.9 Å². The molecule has 0 bridgehead atoms. The first kappa shape index (κ1) is 16.3. The van der Waals surface area contributed by atoms with Crippen molar-refractivity contribution in [1.82, 2.24) is 10.2 Å². The number of nitrogens with one attached hydrogen (secondary N) is 1. The maximum Gasteiger partial charge on any atom is 0.224 e. The van der Waals surface area contributed by atoms with Crippen LogP contribution in [0.2, 0.25) is 0 Å². The normalized spacial score (nSPS) is 18.3. The molecule has 1 fully saturated rings. The van der Waals surface area contributed by atoms with Crippen molar-refractivity contribution in [1.29, 1.82) is 0 Å². The summed E-state index contributed by atoms with van der Waals surface area (Å²) in [6.45, 7) is 3.20. The van der Waals surface area contributed by atoms with Gasteiger partial charge in [0.15, 0.2) is 0 Å². The van der Waals surface area contributed by atoms with Gasteiger partial charge in [-0.3, -0.25) is 4.79 Å². The largest absolute Gasteiger partial charge is 0.492 e. The highest BCUT2D eigenvalue weighted by atomic mass is 79.9. The number of nitrogens with zero attached hydrogens (tertiary/aromatic N) is 1. The number of carbonyl (C=O) groups excluding carboxylic acids is 1. The molecule has 1 N–H and O–H groups in total. The van der Waals surface area contributed by atoms with E-state index in [1.165, 1.54) is 0 Å². The molecule has 1 aromatic carbocycles. The first-order chi connectivity index (χ1) is 10.1. The molecule has 0 radical (unpaired) electrons. The van der Waals surface area contributed by atoms with Gasteiger partial charge in [-0.15, -0.1) is 0 Å². The lowest BCUT2D eigenvalue weighted by Gasteiger charge is -2.25. The van der Waals surface area contributed by atoms with Gasteiger partial charge in [0.05, 0.1) is 19.8 Å². The highest BCUT2D eigenvalue weighted by Crippen LogP contribution is 2.15. The third kappa shape index (κ3) is 5.65. The highest BCUT2D eigenvalue weighted by molar-refractivity contribution is 9.10. The fourth-order valence-electron chi connectivity index (χ4n) is 2.07. The van der Waals surface area contributed by atoms with Crippen LogP contribution >= 0.6 is 15.9 Å². The van der Waals surface area contributed by atoms with Gasteiger partial charge in [0.1, 0.15) is 12.4 Å². The molecule has 2 rings (SSSR count). The van der Waals surface area contributed by atoms with Crippen molar-refractivity contribution < 1.29 is 14.3 Å². The predicted molar refractivity (Wildman–Crippen MR) is 84.5 cm³/mol. The van der Waals surface area contributed by atoms with Crippen molar-refractivity contribution in [2.45, 2.75) is 12.5 Å². The third-order valence-corrected chi connectivity index (χ3v) is 3.88. The van der Waals surface area contributed by atoms with Crippen LogP contribution in [0.3, 0.4) is 0 Å². The minimum absolute atomic E-state index is 0.109. The van der Waals surface area contributed by atoms with Crippen LogP contribution in [0.15, 0.2) is 28.7 Å². The summed E-state index contributed by atoms with van der Waals surface area (Å²) in [7, 11) is 1.80. The average Bonchev–Trinajstić information content (AvgIpc) is 2.50. The molecule has 1 amide bonds. The Balaban J connectivity index is 1.67. The van der Waals surface area contributed by atoms with Crippen LogP contribution in [0.5, 0.6) is 5.75 Å². The SMILES string of the molecule is CN(CCOc1ccc(Br)cc1)C(=O)CC1COCCN1. The standard InChI is InChI=1S/C15H21BrN2O3/c1-18(15(19)10-13-11-20-8-6-17-13)7-9-21-14-4-2-12(16)3-5-14/h2-5,13,17H,6-11H2,1H3. The van der Waals surface area contributed by atoms with E-state index in [-0.39, 0.29) is 11.9 Å². The molecule has 1 heterocycles. The highest BCUT2D eigenvalue weighted by Gasteiger charge is 2.19. The summed E-state index contributed by atoms with van der Waals surface area (Å²) < 4.78 is 12.0. The first-order valence-electron chi connectivity index (χ1n) is 7.08. The van der Waals surface area contributed by atoms with Crippen molar-refractivity contribution in [2.24, 2.45) is 0 Å². The van der Waals surface area contributed by atoms with E-state index in [2.05, 4.69) is 21.2 Å². The Kier molecular flexibility index (Phi) is 6.48. The molecule has 21 heavy (non-hydrogen) atoms. The Morgan fingerprint density at radius 1 is 1.48 bits per heavy atom. The summed E-state index contributed by atoms with van der Waals surface area (Å²) in [5.41, 5.74) is 0. The zero-order valence-corrected chi connectivity index (χ0v) is 13.8. The molecule has 0 aromatic heterocycles. The minimum Gasteiger partial charge on any atom is -0.492 e. The fourth-order valence-corrected chi connectivity index (χ4v) is 2.34. The van der Waals surface area contributed by atoms with E-state index in [0.717, 1.165) is 23.4 Å². The fraction of sp³-hybridized carbons (Fsp3) is 0.533. The van der Waals surface area contributed by atoms with Crippen LogP contribution in [-0.4, -0.2) is 56.8 Å². The van der Waals surface area contributed by atoms with E-state index in [9.17, 15) is 4.79 Å². The summed E-state index contributed by atoms with van der Waals surface area (Å²) in [5, 5.41) is 3.28. The summed E-state index contributed by atoms with van der Waals surface area (Å²) in [6, 6.07) is 7.78. The summed E-state index contributed by atoms with van der Waals surface area (Å²) in [5.74, 6) is 0.916. The van der Waals surface area contributed by atoms with Crippen molar-refractivity contribution in [2.75, 3.05) is 40.0 Å². The topological polar surface area (TPSA) is 50.8 Å². The molecule has 1 aliphatic rings. The molecule has 1 aromatic rings. The Morgan fingerprint density at radius 2 is 2.24 bits per heavy atom. The number of hydrogen-bond acceptors (Lipinski definition) is 4. The summed E-state index contributed by atoms with van der Waals surface area (Å²) in [4.78, 5) is 13.8. The molecule has 1 unspecified atom stereocenters. The van der Waals surface area contributed by atoms with Crippen LogP contribution in [0, 0.1) is 0 Å². The number of benzene rings is 1. The van der Waals surface area contributed by atoms with Crippen molar-refractivity contribution in [3.63, 3.8) is 0 Å². The number of hydrogen-bond donors (Lipinski definition) is 1. The predicted octanol–water partition coefficient (Wildman–Crippen LogP) is 1.66. The number of ether oxygens (including phenoxy) is 2. The van der Waals surface area contributed by atoms with Crippen LogP contribution < -0.4 is 10.1 Å². The number of morpholine rings is 1. The van der Waals surface area contributed by atoms with E-state index >= 15 is 0 Å². The van der Waals surface area contributed by atoms with Gasteiger partial charge in [-0.1, -0.05) is 15.9 Å². The number of rotatable bonds is 6. The Labute approximate surface area is 133 Å². The Bertz CT molecular complexity index is 447. The summed E-state index contributed by atoms with van der Waals surface area (Å²) in [6.07, 6.45) is 0.467. The second-order valence-electron chi connectivity index (χ2n) is 5.05. The molecule has 1 aliphatic heterocycles. The van der Waals surface area contributed by atoms with Crippen LogP contribution in [-0.2, 0) is 9.53 Å². The molecular weight excluding hydrogens is 336 g/mol. The molecule has 0 spiro atoms. The van der Waals surface area contributed by atoms with Crippen LogP contribution in [0.1, 0.15) is 6.42 Å². The van der Waals surface area contributed by atoms with Gasteiger partial charge in [-0.2, -0.15) is 0 Å². The molecule has 1 saturated heterocycles. The van der Waals surface area contributed by atoms with E-state index in [0.29, 0.717) is 26.2 Å². The van der Waals surface area contributed by atoms with Gasteiger partial charge < -0.3 is 19.7 Å². The molecule has 0 saturated carbocycles. The molecule has 6 heteroatoms. The van der Waals surface area contributed by atoms with Crippen molar-refractivity contribution >= 4 is 21.8 Å². The van der Waals surface area contributed by atoms with Crippen molar-refractivity contribution in [3.8, 4) is 5.75 Å². The zero-order valence-electron chi connectivity index (χ0n) is 12.2. The van der Waals surface area contributed by atoms with Gasteiger partial charge >= 0.3 is 0 Å². The lowest BCUT2D eigenvalue weighted by Crippen LogP contribution is -2.45. The number of carbonyl (C=O) groups is 1. The van der Waals surface area contributed by atoms with E-state index in [4.69, 9.17) is 9.47 Å². The van der Waals surface area contributed by atoms with E-state index in [1.807, 2.05) is 24.3 Å². The van der Waals surface area contributed by atoms with Crippen LogP contribution in [0.25, 0.3) is 0 Å². The zero-order chi connectivity index (χ0) is 15.1. The van der Waals surface area contributed by atoms with Gasteiger partial charge in [0, 0.05) is 30.5 Å². The van der Waals surface area contributed by atoms with Gasteiger partial charge in [-0.05, 0) is 24.3 Å². The van der Waals surface area contributed by atoms with Gasteiger partial charge in [0.2, 0.25) is 5.91 Å². The smallest absolute Gasteiger partial charge is 0.224 e. The minimum atomic E-state index is 0.109. The quantitative estimate of drug-likeness (QED) is 0.842. The molecule has 5 nitrogen and oxygen atoms in total. The van der Waals surface area contributed by atoms with Gasteiger partial charge in [0.25, 0.3) is 0 Å². The third-order valence-electron chi connectivity index (χ3n) is 3.35. The first-order valence-corrected chi connectivity index (χ1v) is 7.88. The second kappa shape index (κ2) is 8.36. The molecular formula is C15H21BrN2O3. The van der Waals surface area contributed by atoms with Crippen LogP contribution in [0.4, 0.5) is 0 Å². The lowest BCUT2D eigenvalue weighted by molar-refractivity contribution is -0.131. The monoisotopic (exact) mass is 356 g/mol. The maximum absolute atomic E-state index is 12.1. The number of likely N-dealkylation sites (N-methyl/N-ethyl adjacent to an activating group) is 1. The Morgan fingerprint density at radius 3 is 2.90 bits per heavy atom. The Hall–Kier alpha value is -1.11. The average molecular weight is 357 g/mol. The maximum atomic E-state index is 12.1. The van der Waals surface area contributed by atoms with E-state index < -0.39 is 0 Å². The second-order valence-corrected chi connectivity index (χ2v) is 5.96.